The van der Waals surface area contributed by atoms with E-state index in [1.165, 1.54) is 16.4 Å². The van der Waals surface area contributed by atoms with Gasteiger partial charge in [-0.2, -0.15) is 0 Å². The maximum absolute atomic E-state index is 12.5. The normalized spacial score (nSPS) is 10.7. The number of carbonyl (C=O) groups excluding carboxylic acids is 1. The second kappa shape index (κ2) is 8.75. The summed E-state index contributed by atoms with van der Waals surface area (Å²) in [6, 6.07) is 11.8. The van der Waals surface area contributed by atoms with Gasteiger partial charge in [-0.1, -0.05) is 23.9 Å². The monoisotopic (exact) mass is 397 g/mol. The molecule has 28 heavy (non-hydrogen) atoms. The van der Waals surface area contributed by atoms with Crippen LogP contribution in [0, 0.1) is 0 Å². The lowest BCUT2D eigenvalue weighted by Crippen LogP contribution is -2.28. The van der Waals surface area contributed by atoms with Crippen molar-refractivity contribution in [2.24, 2.45) is 0 Å². The summed E-state index contributed by atoms with van der Waals surface area (Å²) in [5.74, 6) is 6.81. The van der Waals surface area contributed by atoms with Gasteiger partial charge >= 0.3 is 0 Å². The van der Waals surface area contributed by atoms with E-state index in [2.05, 4.69) is 15.2 Å². The van der Waals surface area contributed by atoms with Crippen molar-refractivity contribution in [3.63, 3.8) is 0 Å². The average molecular weight is 398 g/mol. The van der Waals surface area contributed by atoms with Crippen LogP contribution in [0.4, 0.5) is 5.69 Å². The Balaban J connectivity index is 1.57. The minimum atomic E-state index is -0.00684. The Morgan fingerprint density at radius 3 is 2.54 bits per heavy atom. The van der Waals surface area contributed by atoms with Crippen LogP contribution in [-0.4, -0.2) is 57.6 Å². The van der Waals surface area contributed by atoms with Gasteiger partial charge in [0, 0.05) is 51.3 Å². The molecule has 0 unspecified atom stereocenters. The van der Waals surface area contributed by atoms with Crippen molar-refractivity contribution in [1.29, 1.82) is 0 Å². The van der Waals surface area contributed by atoms with Gasteiger partial charge in [0.15, 0.2) is 5.82 Å². The second-order valence-corrected chi connectivity index (χ2v) is 7.46. The van der Waals surface area contributed by atoms with Crippen LogP contribution >= 0.6 is 11.8 Å². The average Bonchev–Trinajstić information content (AvgIpc) is 3.07. The highest BCUT2D eigenvalue weighted by Gasteiger charge is 2.16. The third kappa shape index (κ3) is 4.61. The van der Waals surface area contributed by atoms with Crippen molar-refractivity contribution in [2.45, 2.75) is 11.7 Å². The Labute approximate surface area is 168 Å². The largest absolute Gasteiger partial charge is 0.378 e. The van der Waals surface area contributed by atoms with E-state index in [0.29, 0.717) is 17.5 Å². The lowest BCUT2D eigenvalue weighted by molar-refractivity contribution is -0.127. The van der Waals surface area contributed by atoms with Crippen LogP contribution in [0.5, 0.6) is 0 Å². The fourth-order valence-electron chi connectivity index (χ4n) is 2.57. The molecule has 2 aromatic heterocycles. The maximum atomic E-state index is 12.5. The number of rotatable bonds is 7. The summed E-state index contributed by atoms with van der Waals surface area (Å²) < 4.78 is 1.38. The zero-order valence-electron chi connectivity index (χ0n) is 16.1. The highest BCUT2D eigenvalue weighted by Crippen LogP contribution is 2.21. The maximum Gasteiger partial charge on any atom is 0.233 e. The number of thioether (sulfide) groups is 1. The Kier molecular flexibility index (Phi) is 6.15. The number of hydrogen-bond donors (Lipinski definition) is 1. The Morgan fingerprint density at radius 2 is 1.89 bits per heavy atom. The number of carbonyl (C=O) groups is 1. The fourth-order valence-corrected chi connectivity index (χ4v) is 3.36. The van der Waals surface area contributed by atoms with Crippen molar-refractivity contribution < 1.29 is 4.79 Å². The zero-order chi connectivity index (χ0) is 20.1. The van der Waals surface area contributed by atoms with Crippen LogP contribution in [0.3, 0.4) is 0 Å². The molecular formula is C19H23N7OS. The molecule has 0 aliphatic rings. The Bertz CT molecular complexity index is 925. The molecule has 146 valence electrons. The molecule has 0 aliphatic heterocycles. The molecule has 0 bridgehead atoms. The molecule has 3 rings (SSSR count). The molecule has 0 radical (unpaired) electrons. The van der Waals surface area contributed by atoms with E-state index in [1.54, 1.807) is 30.4 Å². The number of amides is 1. The van der Waals surface area contributed by atoms with E-state index < -0.39 is 0 Å². The smallest absolute Gasteiger partial charge is 0.233 e. The topological polar surface area (TPSA) is 93.2 Å². The van der Waals surface area contributed by atoms with Gasteiger partial charge in [-0.15, -0.1) is 10.2 Å². The van der Waals surface area contributed by atoms with Gasteiger partial charge in [0.05, 0.1) is 5.75 Å². The number of aromatic nitrogens is 4. The molecule has 0 fully saturated rings. The first-order chi connectivity index (χ1) is 13.5. The molecule has 9 heteroatoms. The summed E-state index contributed by atoms with van der Waals surface area (Å²) in [5, 5.41) is 8.66. The predicted molar refractivity (Wildman–Crippen MR) is 111 cm³/mol. The van der Waals surface area contributed by atoms with Crippen LogP contribution < -0.4 is 10.7 Å². The minimum absolute atomic E-state index is 0.00684. The Morgan fingerprint density at radius 1 is 1.14 bits per heavy atom. The van der Waals surface area contributed by atoms with Crippen LogP contribution in [-0.2, 0) is 11.3 Å². The number of nitrogens with two attached hydrogens (primary N) is 1. The molecule has 0 aliphatic carbocycles. The van der Waals surface area contributed by atoms with Crippen molar-refractivity contribution in [2.75, 3.05) is 37.6 Å². The van der Waals surface area contributed by atoms with Gasteiger partial charge in [-0.05, 0) is 29.8 Å². The summed E-state index contributed by atoms with van der Waals surface area (Å²) in [5.41, 5.74) is 2.97. The van der Waals surface area contributed by atoms with E-state index in [1.807, 2.05) is 49.3 Å². The molecule has 2 heterocycles. The molecule has 2 N–H and O–H groups in total. The van der Waals surface area contributed by atoms with Crippen LogP contribution in [0.1, 0.15) is 5.56 Å². The third-order valence-electron chi connectivity index (χ3n) is 4.21. The van der Waals surface area contributed by atoms with Crippen molar-refractivity contribution >= 4 is 23.4 Å². The molecule has 8 nitrogen and oxygen atoms in total. The standard InChI is InChI=1S/C19H23N7OS/c1-24(2)16-8-6-14(7-9-16)12-25(3)17(27)13-28-19-23-22-18(26(19)20)15-5-4-10-21-11-15/h4-11H,12-13,20H2,1-3H3. The quantitative estimate of drug-likeness (QED) is 0.480. The summed E-state index contributed by atoms with van der Waals surface area (Å²) in [4.78, 5) is 20.3. The van der Waals surface area contributed by atoms with Gasteiger partial charge < -0.3 is 15.6 Å². The molecule has 1 amide bonds. The minimum Gasteiger partial charge on any atom is -0.378 e. The van der Waals surface area contributed by atoms with Crippen molar-refractivity contribution in [3.8, 4) is 11.4 Å². The van der Waals surface area contributed by atoms with E-state index >= 15 is 0 Å². The van der Waals surface area contributed by atoms with Crippen LogP contribution in [0.15, 0.2) is 53.9 Å². The molecule has 1 aromatic carbocycles. The first kappa shape index (κ1) is 19.7. The number of nitrogen functional groups attached to an aromatic ring is 1. The molecule has 0 saturated carbocycles. The summed E-state index contributed by atoms with van der Waals surface area (Å²) in [6.45, 7) is 0.545. The number of benzene rings is 1. The first-order valence-corrected chi connectivity index (χ1v) is 9.68. The predicted octanol–water partition coefficient (Wildman–Crippen LogP) is 1.87. The number of pyridine rings is 1. The van der Waals surface area contributed by atoms with Gasteiger partial charge in [0.25, 0.3) is 0 Å². The van der Waals surface area contributed by atoms with Crippen molar-refractivity contribution in [3.05, 3.63) is 54.4 Å². The molecule has 0 atom stereocenters. The van der Waals surface area contributed by atoms with Crippen LogP contribution in [0.2, 0.25) is 0 Å². The van der Waals surface area contributed by atoms with E-state index in [9.17, 15) is 4.79 Å². The number of hydrogen-bond acceptors (Lipinski definition) is 7. The number of anilines is 1. The highest BCUT2D eigenvalue weighted by molar-refractivity contribution is 7.99. The second-order valence-electron chi connectivity index (χ2n) is 6.52. The molecule has 0 saturated heterocycles. The summed E-state index contributed by atoms with van der Waals surface area (Å²) >= 11 is 1.26. The van der Waals surface area contributed by atoms with Gasteiger partial charge in [-0.3, -0.25) is 9.78 Å². The Hall–Kier alpha value is -3.07. The van der Waals surface area contributed by atoms with E-state index in [-0.39, 0.29) is 11.7 Å². The fraction of sp³-hybridized carbons (Fsp3) is 0.263. The lowest BCUT2D eigenvalue weighted by atomic mass is 10.2. The summed E-state index contributed by atoms with van der Waals surface area (Å²) in [7, 11) is 5.78. The van der Waals surface area contributed by atoms with E-state index in [4.69, 9.17) is 5.84 Å². The lowest BCUT2D eigenvalue weighted by Gasteiger charge is -2.18. The molecule has 3 aromatic rings. The first-order valence-electron chi connectivity index (χ1n) is 8.69. The van der Waals surface area contributed by atoms with Gasteiger partial charge in [0.1, 0.15) is 0 Å². The molecule has 0 spiro atoms. The molecular weight excluding hydrogens is 374 g/mol. The zero-order valence-corrected chi connectivity index (χ0v) is 16.9. The van der Waals surface area contributed by atoms with Gasteiger partial charge in [-0.25, -0.2) is 4.68 Å². The van der Waals surface area contributed by atoms with E-state index in [0.717, 1.165) is 16.8 Å². The third-order valence-corrected chi connectivity index (χ3v) is 5.14. The highest BCUT2D eigenvalue weighted by atomic mass is 32.2. The van der Waals surface area contributed by atoms with Gasteiger partial charge in [0.2, 0.25) is 11.1 Å². The van der Waals surface area contributed by atoms with Crippen LogP contribution in [0.25, 0.3) is 11.4 Å². The number of nitrogens with zero attached hydrogens (tertiary/aromatic N) is 6. The SMILES string of the molecule is CN(Cc1ccc(N(C)C)cc1)C(=O)CSc1nnc(-c2cccnc2)n1N. The van der Waals surface area contributed by atoms with Crippen molar-refractivity contribution in [1.82, 2.24) is 24.8 Å². The summed E-state index contributed by atoms with van der Waals surface area (Å²) in [6.07, 6.45) is 3.35.